The molecule has 1 N–H and O–H groups in total. The molecule has 0 saturated carbocycles. The van der Waals surface area contributed by atoms with Crippen LogP contribution in [0, 0.1) is 11.6 Å². The highest BCUT2D eigenvalue weighted by molar-refractivity contribution is 5.76. The maximum absolute atomic E-state index is 13.2. The van der Waals surface area contributed by atoms with Crippen LogP contribution in [-0.4, -0.2) is 61.4 Å². The van der Waals surface area contributed by atoms with Crippen molar-refractivity contribution in [2.24, 2.45) is 0 Å². The van der Waals surface area contributed by atoms with Crippen molar-refractivity contribution in [2.75, 3.05) is 13.1 Å². The Morgan fingerprint density at radius 3 is 2.71 bits per heavy atom. The molecule has 1 amide bonds. The minimum atomic E-state index is -0.970. The molecule has 0 bridgehead atoms. The number of nitrogens with zero attached hydrogens (tertiary/aromatic N) is 5. The summed E-state index contributed by atoms with van der Waals surface area (Å²) in [7, 11) is 0. The molecule has 1 aromatic carbocycles. The van der Waals surface area contributed by atoms with Gasteiger partial charge in [0, 0.05) is 31.2 Å². The molecule has 1 aliphatic heterocycles. The van der Waals surface area contributed by atoms with Crippen LogP contribution in [0.15, 0.2) is 24.5 Å². The molecule has 1 aromatic heterocycles. The number of β-amino-alcohol motifs (C(OH)–C–C–N with tert-alkyl or cyclic N) is 1. The first-order chi connectivity index (χ1) is 11.5. The van der Waals surface area contributed by atoms with Crippen molar-refractivity contribution in [3.8, 4) is 5.75 Å². The Morgan fingerprint density at radius 1 is 1.33 bits per heavy atom. The quantitative estimate of drug-likeness (QED) is 0.842. The van der Waals surface area contributed by atoms with Crippen LogP contribution in [0.3, 0.4) is 0 Å². The number of aromatic nitrogens is 4. The van der Waals surface area contributed by atoms with Gasteiger partial charge in [0.2, 0.25) is 5.91 Å². The number of piperidine rings is 1. The monoisotopic (exact) mass is 339 g/mol. The summed E-state index contributed by atoms with van der Waals surface area (Å²) >= 11 is 0. The number of carbonyl (C=O) groups excluding carboxylic acids is 1. The summed E-state index contributed by atoms with van der Waals surface area (Å²) in [5.74, 6) is -1.75. The minimum Gasteiger partial charge on any atom is -0.487 e. The van der Waals surface area contributed by atoms with Crippen LogP contribution >= 0.6 is 0 Å². The number of ether oxygens (including phenoxy) is 1. The predicted molar refractivity (Wildman–Crippen MR) is 75.8 cm³/mol. The van der Waals surface area contributed by atoms with Crippen molar-refractivity contribution in [3.05, 3.63) is 36.2 Å². The van der Waals surface area contributed by atoms with E-state index in [-0.39, 0.29) is 24.7 Å². The molecule has 2 atom stereocenters. The van der Waals surface area contributed by atoms with Gasteiger partial charge in [0.25, 0.3) is 0 Å². The fraction of sp³-hybridized carbons (Fsp3) is 0.429. The van der Waals surface area contributed by atoms with E-state index in [9.17, 15) is 18.7 Å². The summed E-state index contributed by atoms with van der Waals surface area (Å²) in [6, 6.07) is 2.83. The predicted octanol–water partition coefficient (Wildman–Crippen LogP) is -0.00790. The summed E-state index contributed by atoms with van der Waals surface area (Å²) in [5.41, 5.74) is 0. The van der Waals surface area contributed by atoms with Gasteiger partial charge in [-0.1, -0.05) is 0 Å². The number of likely N-dealkylation sites (tertiary alicyclic amines) is 1. The van der Waals surface area contributed by atoms with Crippen molar-refractivity contribution < 1.29 is 23.4 Å². The molecule has 0 radical (unpaired) electrons. The molecular weight excluding hydrogens is 324 g/mol. The van der Waals surface area contributed by atoms with E-state index in [0.29, 0.717) is 13.0 Å². The summed E-state index contributed by atoms with van der Waals surface area (Å²) in [4.78, 5) is 13.6. The van der Waals surface area contributed by atoms with Crippen LogP contribution < -0.4 is 4.74 Å². The summed E-state index contributed by atoms with van der Waals surface area (Å²) in [5, 5.41) is 20.6. The zero-order valence-electron chi connectivity index (χ0n) is 12.5. The van der Waals surface area contributed by atoms with Crippen molar-refractivity contribution >= 4 is 5.91 Å². The molecule has 1 fully saturated rings. The Balaban J connectivity index is 1.57. The van der Waals surface area contributed by atoms with Crippen LogP contribution in [0.5, 0.6) is 5.75 Å². The summed E-state index contributed by atoms with van der Waals surface area (Å²) < 4.78 is 33.1. The van der Waals surface area contributed by atoms with E-state index >= 15 is 0 Å². The van der Waals surface area contributed by atoms with Gasteiger partial charge in [-0.25, -0.2) is 13.5 Å². The lowest BCUT2D eigenvalue weighted by Gasteiger charge is -2.35. The maximum atomic E-state index is 13.2. The summed E-state index contributed by atoms with van der Waals surface area (Å²) in [6.07, 6.45) is 0.0368. The highest BCUT2D eigenvalue weighted by Gasteiger charge is 2.31. The molecule has 3 rings (SSSR count). The lowest BCUT2D eigenvalue weighted by molar-refractivity contribution is -0.137. The third-order valence-electron chi connectivity index (χ3n) is 3.69. The van der Waals surface area contributed by atoms with E-state index in [1.54, 1.807) is 0 Å². The Labute approximate surface area is 135 Å². The van der Waals surface area contributed by atoms with Gasteiger partial charge in [-0.05, 0) is 10.4 Å². The van der Waals surface area contributed by atoms with Gasteiger partial charge in [-0.2, -0.15) is 0 Å². The zero-order chi connectivity index (χ0) is 17.1. The molecule has 24 heavy (non-hydrogen) atoms. The van der Waals surface area contributed by atoms with Gasteiger partial charge in [0.1, 0.15) is 42.5 Å². The smallest absolute Gasteiger partial charge is 0.244 e. The number of tetrazole rings is 1. The molecule has 128 valence electrons. The number of carbonyl (C=O) groups is 1. The molecular formula is C14H15F2N5O3. The number of hydrogen-bond donors (Lipinski definition) is 1. The van der Waals surface area contributed by atoms with Crippen LogP contribution in [0.25, 0.3) is 0 Å². The second-order valence-corrected chi connectivity index (χ2v) is 5.46. The Kier molecular flexibility index (Phi) is 4.65. The third kappa shape index (κ3) is 3.82. The topological polar surface area (TPSA) is 93.4 Å². The molecule has 10 heteroatoms. The number of rotatable bonds is 4. The van der Waals surface area contributed by atoms with Crippen molar-refractivity contribution in [3.63, 3.8) is 0 Å². The first kappa shape index (κ1) is 16.2. The third-order valence-corrected chi connectivity index (χ3v) is 3.69. The van der Waals surface area contributed by atoms with Crippen LogP contribution in [0.1, 0.15) is 6.42 Å². The fourth-order valence-electron chi connectivity index (χ4n) is 2.54. The highest BCUT2D eigenvalue weighted by Crippen LogP contribution is 2.21. The number of aliphatic hydroxyl groups is 1. The molecule has 0 spiro atoms. The molecule has 0 aliphatic carbocycles. The second-order valence-electron chi connectivity index (χ2n) is 5.46. The van der Waals surface area contributed by atoms with Crippen LogP contribution in [0.4, 0.5) is 8.78 Å². The average molecular weight is 339 g/mol. The fourth-order valence-corrected chi connectivity index (χ4v) is 2.54. The number of amides is 1. The van der Waals surface area contributed by atoms with Crippen LogP contribution in [-0.2, 0) is 11.3 Å². The SMILES string of the molecule is O=C(Cn1cnnn1)N1CC[C@@H](Oc2cc(F)cc(F)c2)[C@H](O)C1. The minimum absolute atomic E-state index is 0.00464. The zero-order valence-corrected chi connectivity index (χ0v) is 12.5. The summed E-state index contributed by atoms with van der Waals surface area (Å²) in [6.45, 7) is 0.379. The molecule has 8 nitrogen and oxygen atoms in total. The molecule has 2 heterocycles. The second kappa shape index (κ2) is 6.87. The van der Waals surface area contributed by atoms with E-state index in [1.165, 1.54) is 15.9 Å². The first-order valence-corrected chi connectivity index (χ1v) is 7.30. The lowest BCUT2D eigenvalue weighted by Crippen LogP contribution is -2.51. The average Bonchev–Trinajstić information content (AvgIpc) is 3.01. The normalized spacial score (nSPS) is 20.9. The van der Waals surface area contributed by atoms with Crippen LogP contribution in [0.2, 0.25) is 0 Å². The Bertz CT molecular complexity index is 692. The number of benzene rings is 1. The highest BCUT2D eigenvalue weighted by atomic mass is 19.1. The van der Waals surface area contributed by atoms with E-state index in [2.05, 4.69) is 15.5 Å². The largest absolute Gasteiger partial charge is 0.487 e. The van der Waals surface area contributed by atoms with Gasteiger partial charge in [-0.3, -0.25) is 4.79 Å². The van der Waals surface area contributed by atoms with Gasteiger partial charge in [0.15, 0.2) is 0 Å². The van der Waals surface area contributed by atoms with Crippen molar-refractivity contribution in [2.45, 2.75) is 25.2 Å². The maximum Gasteiger partial charge on any atom is 0.244 e. The number of aliphatic hydroxyl groups excluding tert-OH is 1. The van der Waals surface area contributed by atoms with Gasteiger partial charge in [0.05, 0.1) is 6.54 Å². The molecule has 1 saturated heterocycles. The number of halogens is 2. The van der Waals surface area contributed by atoms with Gasteiger partial charge in [-0.15, -0.1) is 5.10 Å². The van der Waals surface area contributed by atoms with Crippen molar-refractivity contribution in [1.82, 2.24) is 25.1 Å². The molecule has 0 unspecified atom stereocenters. The van der Waals surface area contributed by atoms with Gasteiger partial charge >= 0.3 is 0 Å². The van der Waals surface area contributed by atoms with E-state index in [4.69, 9.17) is 4.74 Å². The Hall–Kier alpha value is -2.62. The lowest BCUT2D eigenvalue weighted by atomic mass is 10.0. The van der Waals surface area contributed by atoms with E-state index in [1.807, 2.05) is 0 Å². The van der Waals surface area contributed by atoms with Crippen molar-refractivity contribution in [1.29, 1.82) is 0 Å². The van der Waals surface area contributed by atoms with E-state index in [0.717, 1.165) is 18.2 Å². The Morgan fingerprint density at radius 2 is 2.08 bits per heavy atom. The number of hydrogen-bond acceptors (Lipinski definition) is 6. The standard InChI is InChI=1S/C14H15F2N5O3/c15-9-3-10(16)5-11(4-9)24-13-1-2-20(6-12(13)22)14(23)7-21-8-17-18-19-21/h3-5,8,12-13,22H,1-2,6-7H2/t12-,13-/m1/s1. The van der Waals surface area contributed by atoms with E-state index < -0.39 is 23.8 Å². The molecule has 2 aromatic rings. The first-order valence-electron chi connectivity index (χ1n) is 7.30. The molecule has 1 aliphatic rings. The van der Waals surface area contributed by atoms with Gasteiger partial charge < -0.3 is 14.7 Å².